The minimum atomic E-state index is 0.104. The molecule has 0 aliphatic heterocycles. The fraction of sp³-hybridized carbons (Fsp3) is 0.529. The molecule has 1 aliphatic rings. The molecule has 22 heavy (non-hydrogen) atoms. The molecule has 2 rings (SSSR count). The van der Waals surface area contributed by atoms with Gasteiger partial charge in [0, 0.05) is 12.6 Å². The van der Waals surface area contributed by atoms with Crippen molar-refractivity contribution in [3.05, 3.63) is 35.7 Å². The van der Waals surface area contributed by atoms with Gasteiger partial charge in [0.25, 0.3) is 0 Å². The lowest BCUT2D eigenvalue weighted by Crippen LogP contribution is -2.18. The summed E-state index contributed by atoms with van der Waals surface area (Å²) in [5.74, 6) is 1.36. The summed E-state index contributed by atoms with van der Waals surface area (Å²) in [4.78, 5) is 16.2. The third-order valence-corrected chi connectivity index (χ3v) is 3.94. The highest BCUT2D eigenvalue weighted by Crippen LogP contribution is 2.24. The number of allylic oxidation sites excluding steroid dienone is 2. The zero-order chi connectivity index (χ0) is 15.8. The van der Waals surface area contributed by atoms with E-state index in [1.165, 1.54) is 5.57 Å². The van der Waals surface area contributed by atoms with E-state index in [1.54, 1.807) is 19.4 Å². The minimum Gasteiger partial charge on any atom is -0.495 e. The van der Waals surface area contributed by atoms with E-state index in [-0.39, 0.29) is 19.0 Å². The first kappa shape index (κ1) is 16.6. The van der Waals surface area contributed by atoms with Crippen molar-refractivity contribution in [3.8, 4) is 5.75 Å². The van der Waals surface area contributed by atoms with Crippen molar-refractivity contribution in [2.45, 2.75) is 32.3 Å². The Labute approximate surface area is 131 Å². The first-order valence-electron chi connectivity index (χ1n) is 7.68. The van der Waals surface area contributed by atoms with Crippen molar-refractivity contribution in [3.63, 3.8) is 0 Å². The highest BCUT2D eigenvalue weighted by Gasteiger charge is 2.15. The van der Waals surface area contributed by atoms with Gasteiger partial charge in [-0.15, -0.1) is 0 Å². The summed E-state index contributed by atoms with van der Waals surface area (Å²) in [5.41, 5.74) is 7.59. The lowest BCUT2D eigenvalue weighted by Gasteiger charge is -2.20. The monoisotopic (exact) mass is 304 g/mol. The molecule has 0 bridgehead atoms. The second kappa shape index (κ2) is 8.66. The van der Waals surface area contributed by atoms with E-state index in [2.05, 4.69) is 11.1 Å². The van der Waals surface area contributed by atoms with Gasteiger partial charge in [-0.1, -0.05) is 11.6 Å². The summed E-state index contributed by atoms with van der Waals surface area (Å²) in [6, 6.07) is 3.63. The molecule has 0 saturated heterocycles. The van der Waals surface area contributed by atoms with E-state index >= 15 is 0 Å². The van der Waals surface area contributed by atoms with Crippen LogP contribution in [-0.2, 0) is 16.1 Å². The van der Waals surface area contributed by atoms with Crippen LogP contribution in [0.25, 0.3) is 0 Å². The van der Waals surface area contributed by atoms with Gasteiger partial charge in [-0.25, -0.2) is 0 Å². The summed E-state index contributed by atoms with van der Waals surface area (Å²) < 4.78 is 10.7. The number of nitrogens with two attached hydrogens (primary N) is 1. The smallest absolute Gasteiger partial charge is 0.162 e. The van der Waals surface area contributed by atoms with Crippen molar-refractivity contribution in [1.29, 1.82) is 0 Å². The van der Waals surface area contributed by atoms with E-state index in [0.717, 1.165) is 25.8 Å². The lowest BCUT2D eigenvalue weighted by molar-refractivity contribution is -0.123. The van der Waals surface area contributed by atoms with Crippen LogP contribution in [0.3, 0.4) is 0 Å². The van der Waals surface area contributed by atoms with Crippen molar-refractivity contribution in [1.82, 2.24) is 4.98 Å². The van der Waals surface area contributed by atoms with Gasteiger partial charge in [0.05, 0.1) is 13.7 Å². The van der Waals surface area contributed by atoms with Gasteiger partial charge in [-0.3, -0.25) is 9.78 Å². The number of rotatable bonds is 8. The van der Waals surface area contributed by atoms with E-state index in [9.17, 15) is 4.79 Å². The van der Waals surface area contributed by atoms with E-state index in [0.29, 0.717) is 23.8 Å². The van der Waals surface area contributed by atoms with Crippen LogP contribution in [-0.4, -0.2) is 31.0 Å². The number of ketones is 1. The highest BCUT2D eigenvalue weighted by atomic mass is 16.5. The molecule has 1 aliphatic carbocycles. The average Bonchev–Trinajstić information content (AvgIpc) is 2.56. The molecule has 5 heteroatoms. The van der Waals surface area contributed by atoms with Crippen LogP contribution in [0.5, 0.6) is 5.75 Å². The Kier molecular flexibility index (Phi) is 6.55. The molecule has 0 amide bonds. The molecule has 0 spiro atoms. The Morgan fingerprint density at radius 2 is 2.36 bits per heavy atom. The van der Waals surface area contributed by atoms with Gasteiger partial charge in [-0.05, 0) is 43.9 Å². The Morgan fingerprint density at radius 3 is 3.05 bits per heavy atom. The first-order chi connectivity index (χ1) is 10.7. The number of hydrogen-bond donors (Lipinski definition) is 1. The third kappa shape index (κ3) is 4.93. The SMILES string of the molecule is COc1cccnc1COCC(=O)CC1=CCC(CN)CC1. The number of methoxy groups -OCH3 is 1. The van der Waals surface area contributed by atoms with Crippen LogP contribution >= 0.6 is 0 Å². The normalized spacial score (nSPS) is 17.9. The molecule has 1 unspecified atom stereocenters. The Hall–Kier alpha value is -1.72. The minimum absolute atomic E-state index is 0.104. The molecule has 1 aromatic heterocycles. The van der Waals surface area contributed by atoms with E-state index < -0.39 is 0 Å². The van der Waals surface area contributed by atoms with Crippen LogP contribution in [0, 0.1) is 5.92 Å². The maximum atomic E-state index is 12.0. The van der Waals surface area contributed by atoms with Gasteiger partial charge < -0.3 is 15.2 Å². The lowest BCUT2D eigenvalue weighted by atomic mass is 9.88. The molecule has 0 radical (unpaired) electrons. The number of carbonyl (C=O) groups excluding carboxylic acids is 1. The standard InChI is InChI=1S/C17H24N2O3/c1-21-17-3-2-8-19-16(17)12-22-11-15(20)9-13-4-6-14(10-18)7-5-13/h2-4,8,14H,5-7,9-12,18H2,1H3. The number of nitrogens with zero attached hydrogens (tertiary/aromatic N) is 1. The molecule has 1 aromatic rings. The van der Waals surface area contributed by atoms with Crippen LogP contribution < -0.4 is 10.5 Å². The number of Topliss-reactive ketones (excluding diaryl/α,β-unsaturated/α-hetero) is 1. The fourth-order valence-corrected chi connectivity index (χ4v) is 2.60. The van der Waals surface area contributed by atoms with Gasteiger partial charge >= 0.3 is 0 Å². The molecule has 120 valence electrons. The van der Waals surface area contributed by atoms with Crippen molar-refractivity contribution in [2.75, 3.05) is 20.3 Å². The predicted octanol–water partition coefficient (Wildman–Crippen LogP) is 2.25. The third-order valence-electron chi connectivity index (χ3n) is 3.94. The van der Waals surface area contributed by atoms with Gasteiger partial charge in [0.2, 0.25) is 0 Å². The highest BCUT2D eigenvalue weighted by molar-refractivity contribution is 5.82. The molecule has 1 atom stereocenters. The zero-order valence-electron chi connectivity index (χ0n) is 13.1. The van der Waals surface area contributed by atoms with E-state index in [4.69, 9.17) is 15.2 Å². The number of carbonyl (C=O) groups is 1. The van der Waals surface area contributed by atoms with Crippen molar-refractivity contribution in [2.24, 2.45) is 11.7 Å². The quantitative estimate of drug-likeness (QED) is 0.746. The summed E-state index contributed by atoms with van der Waals surface area (Å²) in [7, 11) is 1.59. The van der Waals surface area contributed by atoms with Gasteiger partial charge in [-0.2, -0.15) is 0 Å². The summed E-state index contributed by atoms with van der Waals surface area (Å²) in [6.45, 7) is 1.12. The van der Waals surface area contributed by atoms with E-state index in [1.807, 2.05) is 6.07 Å². The molecule has 1 heterocycles. The molecular formula is C17H24N2O3. The average molecular weight is 304 g/mol. The number of aromatic nitrogens is 1. The molecule has 0 saturated carbocycles. The fourth-order valence-electron chi connectivity index (χ4n) is 2.60. The Balaban J connectivity index is 1.73. The van der Waals surface area contributed by atoms with Gasteiger partial charge in [0.15, 0.2) is 5.78 Å². The Bertz CT molecular complexity index is 528. The van der Waals surface area contributed by atoms with Crippen LogP contribution in [0.4, 0.5) is 0 Å². The molecule has 0 aromatic carbocycles. The second-order valence-corrected chi connectivity index (χ2v) is 5.60. The zero-order valence-corrected chi connectivity index (χ0v) is 13.1. The maximum Gasteiger partial charge on any atom is 0.162 e. The number of ether oxygens (including phenoxy) is 2. The number of hydrogen-bond acceptors (Lipinski definition) is 5. The summed E-state index contributed by atoms with van der Waals surface area (Å²) in [5, 5.41) is 0. The molecule has 5 nitrogen and oxygen atoms in total. The largest absolute Gasteiger partial charge is 0.495 e. The van der Waals surface area contributed by atoms with Gasteiger partial charge in [0.1, 0.15) is 18.1 Å². The maximum absolute atomic E-state index is 12.0. The predicted molar refractivity (Wildman–Crippen MR) is 84.5 cm³/mol. The first-order valence-corrected chi connectivity index (χ1v) is 7.68. The molecular weight excluding hydrogens is 280 g/mol. The number of pyridine rings is 1. The molecule has 0 fully saturated rings. The summed E-state index contributed by atoms with van der Waals surface area (Å²) in [6.07, 6.45) is 7.38. The van der Waals surface area contributed by atoms with Crippen molar-refractivity contribution >= 4 is 5.78 Å². The van der Waals surface area contributed by atoms with Crippen LogP contribution in [0.1, 0.15) is 31.4 Å². The summed E-state index contributed by atoms with van der Waals surface area (Å²) >= 11 is 0. The topological polar surface area (TPSA) is 74.4 Å². The second-order valence-electron chi connectivity index (χ2n) is 5.60. The van der Waals surface area contributed by atoms with Crippen molar-refractivity contribution < 1.29 is 14.3 Å². The van der Waals surface area contributed by atoms with Crippen LogP contribution in [0.15, 0.2) is 30.0 Å². The molecule has 2 N–H and O–H groups in total. The Morgan fingerprint density at radius 1 is 1.50 bits per heavy atom. The van der Waals surface area contributed by atoms with Crippen LogP contribution in [0.2, 0.25) is 0 Å².